The molecule has 0 saturated carbocycles. The molecule has 0 saturated heterocycles. The van der Waals surface area contributed by atoms with Gasteiger partial charge in [0.2, 0.25) is 0 Å². The molecule has 7 nitrogen and oxygen atoms in total. The van der Waals surface area contributed by atoms with Crippen LogP contribution in [0.1, 0.15) is 22.5 Å². The average Bonchev–Trinajstić information content (AvgIpc) is 2.95. The van der Waals surface area contributed by atoms with Crippen molar-refractivity contribution in [1.82, 2.24) is 9.55 Å². The molecule has 0 aliphatic carbocycles. The smallest absolute Gasteiger partial charge is 0.303 e. The number of aromatic nitrogens is 2. The summed E-state index contributed by atoms with van der Waals surface area (Å²) in [4.78, 5) is 14.5. The summed E-state index contributed by atoms with van der Waals surface area (Å²) in [5, 5.41) is 15.1. The van der Waals surface area contributed by atoms with Gasteiger partial charge in [0.05, 0.1) is 16.7 Å². The van der Waals surface area contributed by atoms with E-state index in [1.165, 1.54) is 6.21 Å². The predicted molar refractivity (Wildman–Crippen MR) is 102 cm³/mol. The molecule has 2 aromatic heterocycles. The molecule has 3 aromatic rings. The van der Waals surface area contributed by atoms with Crippen LogP contribution in [0.3, 0.4) is 0 Å². The van der Waals surface area contributed by atoms with Crippen LogP contribution in [0.25, 0.3) is 5.82 Å². The van der Waals surface area contributed by atoms with Crippen molar-refractivity contribution in [2.45, 2.75) is 20.0 Å². The lowest BCUT2D eigenvalue weighted by Gasteiger charge is -2.08. The van der Waals surface area contributed by atoms with Gasteiger partial charge in [0, 0.05) is 29.2 Å². The second kappa shape index (κ2) is 7.74. The van der Waals surface area contributed by atoms with Crippen molar-refractivity contribution >= 4 is 17.6 Å². The number of alkyl halides is 3. The number of nitrogens with zero attached hydrogens (tertiary/aromatic N) is 4. The maximum absolute atomic E-state index is 12.8. The van der Waals surface area contributed by atoms with E-state index >= 15 is 0 Å². The quantitative estimate of drug-likeness (QED) is 0.374. The molecule has 0 atom stereocenters. The summed E-state index contributed by atoms with van der Waals surface area (Å²) < 4.78 is 40.3. The highest BCUT2D eigenvalue weighted by molar-refractivity contribution is 5.83. The van der Waals surface area contributed by atoms with Gasteiger partial charge in [0.15, 0.2) is 0 Å². The SMILES string of the molecule is Cc1cc(/C=N\Nc2ccc(C(F)(F)F)cc2[N+](=O)[O-])c(C)n1-c1ccccn1. The summed E-state index contributed by atoms with van der Waals surface area (Å²) in [6.07, 6.45) is -1.55. The summed E-state index contributed by atoms with van der Waals surface area (Å²) in [5.41, 5.74) is 2.98. The van der Waals surface area contributed by atoms with Crippen LogP contribution in [-0.2, 0) is 6.18 Å². The normalized spacial score (nSPS) is 11.8. The van der Waals surface area contributed by atoms with E-state index in [1.807, 2.05) is 36.6 Å². The number of nitro benzene ring substituents is 1. The number of hydrogen-bond donors (Lipinski definition) is 1. The molecule has 0 fully saturated rings. The van der Waals surface area contributed by atoms with Gasteiger partial charge in [0.25, 0.3) is 5.69 Å². The molecule has 0 aliphatic heterocycles. The Hall–Kier alpha value is -3.69. The fraction of sp³-hybridized carbons (Fsp3) is 0.158. The number of nitrogens with one attached hydrogen (secondary N) is 1. The number of hydrazone groups is 1. The van der Waals surface area contributed by atoms with E-state index in [0.717, 1.165) is 34.9 Å². The molecule has 1 N–H and O–H groups in total. The number of rotatable bonds is 5. The number of hydrogen-bond acceptors (Lipinski definition) is 5. The maximum Gasteiger partial charge on any atom is 0.416 e. The van der Waals surface area contributed by atoms with Crippen molar-refractivity contribution in [3.05, 3.63) is 81.3 Å². The molecule has 0 aliphatic rings. The van der Waals surface area contributed by atoms with Crippen molar-refractivity contribution < 1.29 is 18.1 Å². The molecule has 2 heterocycles. The second-order valence-corrected chi connectivity index (χ2v) is 6.21. The maximum atomic E-state index is 12.8. The van der Waals surface area contributed by atoms with Gasteiger partial charge >= 0.3 is 6.18 Å². The largest absolute Gasteiger partial charge is 0.416 e. The van der Waals surface area contributed by atoms with Crippen molar-refractivity contribution in [3.63, 3.8) is 0 Å². The molecular weight excluding hydrogens is 387 g/mol. The number of benzene rings is 1. The van der Waals surface area contributed by atoms with Crippen LogP contribution in [0, 0.1) is 24.0 Å². The number of nitro groups is 1. The second-order valence-electron chi connectivity index (χ2n) is 6.21. The molecule has 0 radical (unpaired) electrons. The summed E-state index contributed by atoms with van der Waals surface area (Å²) in [6, 6.07) is 9.60. The lowest BCUT2D eigenvalue weighted by Crippen LogP contribution is -2.06. The molecule has 0 bridgehead atoms. The first-order valence-corrected chi connectivity index (χ1v) is 8.43. The number of anilines is 1. The Labute approximate surface area is 163 Å². The van der Waals surface area contributed by atoms with Gasteiger partial charge in [-0.3, -0.25) is 15.5 Å². The van der Waals surface area contributed by atoms with Crippen LogP contribution in [0.4, 0.5) is 24.5 Å². The fourth-order valence-corrected chi connectivity index (χ4v) is 2.88. The van der Waals surface area contributed by atoms with Crippen LogP contribution >= 0.6 is 0 Å². The molecule has 0 spiro atoms. The molecular formula is C19H16F3N5O2. The third kappa shape index (κ3) is 4.26. The Morgan fingerprint density at radius 3 is 2.59 bits per heavy atom. The molecule has 1 aromatic carbocycles. The van der Waals surface area contributed by atoms with Crippen LogP contribution in [0.15, 0.2) is 53.8 Å². The minimum atomic E-state index is -4.67. The topological polar surface area (TPSA) is 85.4 Å². The summed E-state index contributed by atoms with van der Waals surface area (Å²) in [5.74, 6) is 0.730. The van der Waals surface area contributed by atoms with Crippen molar-refractivity contribution in [1.29, 1.82) is 0 Å². The van der Waals surface area contributed by atoms with Crippen molar-refractivity contribution in [2.24, 2.45) is 5.10 Å². The highest BCUT2D eigenvalue weighted by atomic mass is 19.4. The van der Waals surface area contributed by atoms with E-state index in [-0.39, 0.29) is 5.69 Å². The van der Waals surface area contributed by atoms with Crippen molar-refractivity contribution in [2.75, 3.05) is 5.43 Å². The van der Waals surface area contributed by atoms with E-state index in [1.54, 1.807) is 12.3 Å². The van der Waals surface area contributed by atoms with Gasteiger partial charge in [-0.05, 0) is 44.2 Å². The highest BCUT2D eigenvalue weighted by Gasteiger charge is 2.33. The lowest BCUT2D eigenvalue weighted by atomic mass is 10.1. The van der Waals surface area contributed by atoms with Gasteiger partial charge in [-0.15, -0.1) is 0 Å². The Morgan fingerprint density at radius 2 is 1.97 bits per heavy atom. The number of pyridine rings is 1. The van der Waals surface area contributed by atoms with E-state index in [4.69, 9.17) is 0 Å². The number of aryl methyl sites for hydroxylation is 1. The van der Waals surface area contributed by atoms with Crippen LogP contribution in [-0.4, -0.2) is 20.7 Å². The van der Waals surface area contributed by atoms with E-state index in [9.17, 15) is 23.3 Å². The summed E-state index contributed by atoms with van der Waals surface area (Å²) in [6.45, 7) is 3.76. The van der Waals surface area contributed by atoms with E-state index in [2.05, 4.69) is 15.5 Å². The van der Waals surface area contributed by atoms with Crippen LogP contribution < -0.4 is 5.43 Å². The van der Waals surface area contributed by atoms with Gasteiger partial charge in [-0.25, -0.2) is 4.98 Å². The molecule has 150 valence electrons. The third-order valence-electron chi connectivity index (χ3n) is 4.26. The molecule has 0 unspecified atom stereocenters. The first-order chi connectivity index (χ1) is 13.7. The monoisotopic (exact) mass is 403 g/mol. The first-order valence-electron chi connectivity index (χ1n) is 8.43. The van der Waals surface area contributed by atoms with Gasteiger partial charge in [-0.1, -0.05) is 6.07 Å². The standard InChI is InChI=1S/C19H16F3N5O2/c1-12-9-14(13(2)26(12)18-5-3-4-8-23-18)11-24-25-16-7-6-15(19(20,21)22)10-17(16)27(28)29/h3-11,25H,1-2H3/b24-11-. The molecule has 0 amide bonds. The van der Waals surface area contributed by atoms with E-state index in [0.29, 0.717) is 6.07 Å². The third-order valence-corrected chi connectivity index (χ3v) is 4.26. The fourth-order valence-electron chi connectivity index (χ4n) is 2.88. The Balaban J connectivity index is 1.87. The minimum Gasteiger partial charge on any atom is -0.303 e. The van der Waals surface area contributed by atoms with Gasteiger partial charge in [-0.2, -0.15) is 18.3 Å². The zero-order chi connectivity index (χ0) is 21.2. The zero-order valence-electron chi connectivity index (χ0n) is 15.4. The summed E-state index contributed by atoms with van der Waals surface area (Å²) >= 11 is 0. The zero-order valence-corrected chi connectivity index (χ0v) is 15.4. The van der Waals surface area contributed by atoms with E-state index < -0.39 is 22.4 Å². The Morgan fingerprint density at radius 1 is 1.21 bits per heavy atom. The number of halogens is 3. The lowest BCUT2D eigenvalue weighted by molar-refractivity contribution is -0.384. The van der Waals surface area contributed by atoms with Crippen molar-refractivity contribution in [3.8, 4) is 5.82 Å². The molecule has 29 heavy (non-hydrogen) atoms. The highest BCUT2D eigenvalue weighted by Crippen LogP contribution is 2.35. The van der Waals surface area contributed by atoms with Gasteiger partial charge < -0.3 is 4.57 Å². The van der Waals surface area contributed by atoms with Crippen LogP contribution in [0.5, 0.6) is 0 Å². The Kier molecular flexibility index (Phi) is 5.35. The minimum absolute atomic E-state index is 0.141. The van der Waals surface area contributed by atoms with Crippen LogP contribution in [0.2, 0.25) is 0 Å². The average molecular weight is 403 g/mol. The predicted octanol–water partition coefficient (Wildman–Crippen LogP) is 4.86. The van der Waals surface area contributed by atoms with Gasteiger partial charge in [0.1, 0.15) is 11.5 Å². The molecule has 3 rings (SSSR count). The summed E-state index contributed by atoms with van der Waals surface area (Å²) in [7, 11) is 0. The first kappa shape index (κ1) is 20.1. The Bertz CT molecular complexity index is 1080. The molecule has 10 heteroatoms.